The zero-order valence-corrected chi connectivity index (χ0v) is 15.6. The Hall–Kier alpha value is -2.79. The van der Waals surface area contributed by atoms with E-state index in [0.717, 1.165) is 16.9 Å². The van der Waals surface area contributed by atoms with Crippen LogP contribution in [-0.4, -0.2) is 15.5 Å². The molecule has 4 nitrogen and oxygen atoms in total. The van der Waals surface area contributed by atoms with Crippen molar-refractivity contribution < 1.29 is 13.2 Å². The van der Waals surface area contributed by atoms with Crippen molar-refractivity contribution in [3.63, 3.8) is 0 Å². The maximum atomic E-state index is 13.2. The van der Waals surface area contributed by atoms with Crippen molar-refractivity contribution in [3.05, 3.63) is 90.0 Å². The van der Waals surface area contributed by atoms with Crippen LogP contribution in [0.2, 0.25) is 0 Å². The summed E-state index contributed by atoms with van der Waals surface area (Å²) in [7, 11) is -2.07. The summed E-state index contributed by atoms with van der Waals surface area (Å²) >= 11 is 0. The van der Waals surface area contributed by atoms with Gasteiger partial charge in [0, 0.05) is 0 Å². The lowest BCUT2D eigenvalue weighted by atomic mass is 10.2. The smallest absolute Gasteiger partial charge is 0.264 e. The van der Waals surface area contributed by atoms with Gasteiger partial charge in [-0.2, -0.15) is 0 Å². The molecular formula is C21H21NO3S. The summed E-state index contributed by atoms with van der Waals surface area (Å²) in [5.74, 6) is 0.738. The predicted octanol–water partition coefficient (Wildman–Crippen LogP) is 4.40. The number of benzene rings is 3. The van der Waals surface area contributed by atoms with Crippen LogP contribution >= 0.6 is 0 Å². The molecule has 0 saturated carbocycles. The van der Waals surface area contributed by atoms with Gasteiger partial charge in [-0.15, -0.1) is 0 Å². The van der Waals surface area contributed by atoms with E-state index in [0.29, 0.717) is 5.69 Å². The van der Waals surface area contributed by atoms with Crippen LogP contribution in [-0.2, 0) is 16.6 Å². The molecule has 3 rings (SSSR count). The number of nitrogens with zero attached hydrogens (tertiary/aromatic N) is 1. The van der Waals surface area contributed by atoms with Crippen LogP contribution in [0.4, 0.5) is 5.69 Å². The molecule has 3 aromatic carbocycles. The number of ether oxygens (including phenoxy) is 1. The zero-order chi connectivity index (χ0) is 18.6. The van der Waals surface area contributed by atoms with Crippen molar-refractivity contribution in [2.45, 2.75) is 18.4 Å². The highest BCUT2D eigenvalue weighted by molar-refractivity contribution is 7.92. The molecule has 0 spiro atoms. The van der Waals surface area contributed by atoms with Gasteiger partial charge in [0.05, 0.1) is 24.2 Å². The molecule has 0 N–H and O–H groups in total. The quantitative estimate of drug-likeness (QED) is 0.649. The lowest BCUT2D eigenvalue weighted by molar-refractivity contribution is 0.414. The number of methoxy groups -OCH3 is 1. The molecule has 0 radical (unpaired) electrons. The Morgan fingerprint density at radius 2 is 1.46 bits per heavy atom. The molecule has 0 atom stereocenters. The van der Waals surface area contributed by atoms with E-state index in [-0.39, 0.29) is 11.4 Å². The number of anilines is 1. The fourth-order valence-electron chi connectivity index (χ4n) is 2.64. The van der Waals surface area contributed by atoms with Gasteiger partial charge in [0.2, 0.25) is 0 Å². The van der Waals surface area contributed by atoms with Gasteiger partial charge < -0.3 is 4.74 Å². The molecule has 0 aliphatic carbocycles. The number of sulfonamides is 1. The Morgan fingerprint density at radius 1 is 0.846 bits per heavy atom. The standard InChI is InChI=1S/C21H21NO3S/c1-17-8-12-19(13-9-17)22(16-18-10-14-20(25-2)15-11-18)26(23,24)21-6-4-3-5-7-21/h3-15H,16H2,1-2H3. The first kappa shape index (κ1) is 18.0. The van der Waals surface area contributed by atoms with Crippen molar-refractivity contribution in [1.82, 2.24) is 0 Å². The predicted molar refractivity (Wildman–Crippen MR) is 104 cm³/mol. The SMILES string of the molecule is COc1ccc(CN(c2ccc(C)cc2)S(=O)(=O)c2ccccc2)cc1. The van der Waals surface area contributed by atoms with Crippen LogP contribution in [0.5, 0.6) is 5.75 Å². The molecule has 0 bridgehead atoms. The molecule has 0 unspecified atom stereocenters. The minimum Gasteiger partial charge on any atom is -0.497 e. The summed E-state index contributed by atoms with van der Waals surface area (Å²) in [5.41, 5.74) is 2.59. The summed E-state index contributed by atoms with van der Waals surface area (Å²) in [6.45, 7) is 2.22. The molecule has 0 fully saturated rings. The largest absolute Gasteiger partial charge is 0.497 e. The molecule has 0 aliphatic heterocycles. The number of hydrogen-bond donors (Lipinski definition) is 0. The van der Waals surface area contributed by atoms with Gasteiger partial charge in [0.25, 0.3) is 10.0 Å². The van der Waals surface area contributed by atoms with Crippen molar-refractivity contribution >= 4 is 15.7 Å². The van der Waals surface area contributed by atoms with Crippen LogP contribution in [0.3, 0.4) is 0 Å². The Balaban J connectivity index is 2.02. The Bertz CT molecular complexity index is 950. The topological polar surface area (TPSA) is 46.6 Å². The van der Waals surface area contributed by atoms with E-state index in [1.54, 1.807) is 37.4 Å². The molecule has 0 aromatic heterocycles. The third kappa shape index (κ3) is 3.89. The van der Waals surface area contributed by atoms with E-state index in [9.17, 15) is 8.42 Å². The third-order valence-corrected chi connectivity index (χ3v) is 5.93. The van der Waals surface area contributed by atoms with Gasteiger partial charge in [0.1, 0.15) is 5.75 Å². The van der Waals surface area contributed by atoms with E-state index in [2.05, 4.69) is 0 Å². The molecule has 0 saturated heterocycles. The fraction of sp³-hybridized carbons (Fsp3) is 0.143. The molecule has 5 heteroatoms. The van der Waals surface area contributed by atoms with Crippen LogP contribution < -0.4 is 9.04 Å². The zero-order valence-electron chi connectivity index (χ0n) is 14.8. The van der Waals surface area contributed by atoms with Crippen molar-refractivity contribution in [2.24, 2.45) is 0 Å². The second-order valence-corrected chi connectivity index (χ2v) is 7.87. The normalized spacial score (nSPS) is 11.2. The highest BCUT2D eigenvalue weighted by atomic mass is 32.2. The van der Waals surface area contributed by atoms with Gasteiger partial charge in [-0.1, -0.05) is 48.0 Å². The minimum absolute atomic E-state index is 0.240. The van der Waals surface area contributed by atoms with Crippen LogP contribution in [0.25, 0.3) is 0 Å². The maximum absolute atomic E-state index is 13.2. The molecule has 26 heavy (non-hydrogen) atoms. The van der Waals surface area contributed by atoms with E-state index in [1.807, 2.05) is 55.5 Å². The first-order valence-electron chi connectivity index (χ1n) is 8.28. The number of hydrogen-bond acceptors (Lipinski definition) is 3. The number of rotatable bonds is 6. The van der Waals surface area contributed by atoms with Crippen LogP contribution in [0, 0.1) is 6.92 Å². The molecule has 3 aromatic rings. The van der Waals surface area contributed by atoms with Crippen molar-refractivity contribution in [3.8, 4) is 5.75 Å². The monoisotopic (exact) mass is 367 g/mol. The Morgan fingerprint density at radius 3 is 2.04 bits per heavy atom. The lowest BCUT2D eigenvalue weighted by Gasteiger charge is -2.25. The summed E-state index contributed by atoms with van der Waals surface area (Å²) in [6, 6.07) is 23.4. The molecule has 0 amide bonds. The fourth-order valence-corrected chi connectivity index (χ4v) is 4.12. The van der Waals surface area contributed by atoms with Crippen LogP contribution in [0.1, 0.15) is 11.1 Å². The van der Waals surface area contributed by atoms with Crippen molar-refractivity contribution in [1.29, 1.82) is 0 Å². The average Bonchev–Trinajstić information content (AvgIpc) is 2.68. The second kappa shape index (κ2) is 7.62. The molecular weight excluding hydrogens is 346 g/mol. The highest BCUT2D eigenvalue weighted by Crippen LogP contribution is 2.26. The summed E-state index contributed by atoms with van der Waals surface area (Å²) in [4.78, 5) is 0.272. The number of aryl methyl sites for hydroxylation is 1. The third-order valence-electron chi connectivity index (χ3n) is 4.14. The van der Waals surface area contributed by atoms with E-state index < -0.39 is 10.0 Å². The van der Waals surface area contributed by atoms with Crippen LogP contribution in [0.15, 0.2) is 83.8 Å². The highest BCUT2D eigenvalue weighted by Gasteiger charge is 2.25. The van der Waals surface area contributed by atoms with Gasteiger partial charge >= 0.3 is 0 Å². The maximum Gasteiger partial charge on any atom is 0.264 e. The average molecular weight is 367 g/mol. The summed E-state index contributed by atoms with van der Waals surface area (Å²) in [6.07, 6.45) is 0. The second-order valence-electron chi connectivity index (χ2n) is 6.01. The lowest BCUT2D eigenvalue weighted by Crippen LogP contribution is -2.30. The van der Waals surface area contributed by atoms with Gasteiger partial charge in [-0.3, -0.25) is 4.31 Å². The summed E-state index contributed by atoms with van der Waals surface area (Å²) < 4.78 is 33.1. The van der Waals surface area contributed by atoms with Gasteiger partial charge in [0.15, 0.2) is 0 Å². The molecule has 134 valence electrons. The molecule has 0 aliphatic rings. The van der Waals surface area contributed by atoms with Gasteiger partial charge in [-0.25, -0.2) is 8.42 Å². The van der Waals surface area contributed by atoms with E-state index in [4.69, 9.17) is 4.74 Å². The molecule has 0 heterocycles. The first-order chi connectivity index (χ1) is 12.5. The first-order valence-corrected chi connectivity index (χ1v) is 9.72. The van der Waals surface area contributed by atoms with Crippen molar-refractivity contribution in [2.75, 3.05) is 11.4 Å². The minimum atomic E-state index is -3.68. The van der Waals surface area contributed by atoms with E-state index >= 15 is 0 Å². The Kier molecular flexibility index (Phi) is 5.28. The Labute approximate surface area is 154 Å². The summed E-state index contributed by atoms with van der Waals surface area (Å²) in [5, 5.41) is 0. The van der Waals surface area contributed by atoms with Gasteiger partial charge in [-0.05, 0) is 48.9 Å². The van der Waals surface area contributed by atoms with E-state index in [1.165, 1.54) is 4.31 Å².